The molecule has 0 spiro atoms. The van der Waals surface area contributed by atoms with Crippen molar-refractivity contribution in [1.82, 2.24) is 5.06 Å². The average molecular weight is 216 g/mol. The minimum absolute atomic E-state index is 0.332. The molecule has 15 heavy (non-hydrogen) atoms. The number of nitrogens with two attached hydrogens (primary N) is 1. The van der Waals surface area contributed by atoms with Crippen LogP contribution in [0.2, 0.25) is 0 Å². The maximum atomic E-state index is 11.5. The lowest BCUT2D eigenvalue weighted by molar-refractivity contribution is -0.178. The maximum absolute atomic E-state index is 11.5. The molecule has 0 saturated carbocycles. The zero-order valence-corrected chi connectivity index (χ0v) is 8.93. The Hall–Kier alpha value is -1.56. The molecule has 0 aromatic heterocycles. The van der Waals surface area contributed by atoms with E-state index in [1.807, 2.05) is 0 Å². The number of nitrogens with zero attached hydrogens (tertiary/aromatic N) is 1. The number of primary amides is 1. The van der Waals surface area contributed by atoms with Gasteiger partial charge >= 0.3 is 6.09 Å². The summed E-state index contributed by atoms with van der Waals surface area (Å²) in [6.45, 7) is 3.51. The summed E-state index contributed by atoms with van der Waals surface area (Å²) in [4.78, 5) is 26.8. The van der Waals surface area contributed by atoms with Crippen molar-refractivity contribution in [2.24, 2.45) is 5.73 Å². The SMILES string of the molecule is C=CCCC(OC(N)=O)C(=O)N(C)OC. The Balaban J connectivity index is 4.38. The van der Waals surface area contributed by atoms with Gasteiger partial charge in [0.25, 0.3) is 5.91 Å². The van der Waals surface area contributed by atoms with Gasteiger partial charge < -0.3 is 10.5 Å². The van der Waals surface area contributed by atoms with Crippen molar-refractivity contribution >= 4 is 12.0 Å². The molecule has 0 rings (SSSR count). The maximum Gasteiger partial charge on any atom is 0.405 e. The minimum Gasteiger partial charge on any atom is -0.436 e. The second-order valence-electron chi connectivity index (χ2n) is 2.81. The van der Waals surface area contributed by atoms with E-state index in [1.54, 1.807) is 6.08 Å². The minimum atomic E-state index is -0.984. The van der Waals surface area contributed by atoms with E-state index < -0.39 is 18.1 Å². The van der Waals surface area contributed by atoms with E-state index in [0.29, 0.717) is 12.8 Å². The number of allylic oxidation sites excluding steroid dienone is 1. The number of ether oxygens (including phenoxy) is 1. The van der Waals surface area contributed by atoms with Crippen LogP contribution in [0.15, 0.2) is 12.7 Å². The number of hydrogen-bond donors (Lipinski definition) is 1. The van der Waals surface area contributed by atoms with Crippen molar-refractivity contribution in [1.29, 1.82) is 0 Å². The third-order valence-electron chi connectivity index (χ3n) is 1.75. The first-order valence-corrected chi connectivity index (χ1v) is 4.41. The second kappa shape index (κ2) is 6.83. The summed E-state index contributed by atoms with van der Waals surface area (Å²) in [5, 5.41) is 0.983. The highest BCUT2D eigenvalue weighted by atomic mass is 16.7. The molecular weight excluding hydrogens is 200 g/mol. The third kappa shape index (κ3) is 5.02. The zero-order valence-electron chi connectivity index (χ0n) is 8.93. The van der Waals surface area contributed by atoms with Gasteiger partial charge in [0.1, 0.15) is 0 Å². The van der Waals surface area contributed by atoms with E-state index in [4.69, 9.17) is 5.73 Å². The standard InChI is InChI=1S/C9H16N2O4/c1-4-5-6-7(15-9(10)13)8(12)11(2)14-3/h4,7H,1,5-6H2,2-3H3,(H2,10,13). The largest absolute Gasteiger partial charge is 0.436 e. The van der Waals surface area contributed by atoms with Gasteiger partial charge in [-0.15, -0.1) is 6.58 Å². The Kier molecular flexibility index (Phi) is 6.12. The molecule has 0 fully saturated rings. The Morgan fingerprint density at radius 1 is 1.60 bits per heavy atom. The van der Waals surface area contributed by atoms with E-state index in [-0.39, 0.29) is 0 Å². The van der Waals surface area contributed by atoms with Gasteiger partial charge in [-0.25, -0.2) is 9.86 Å². The van der Waals surface area contributed by atoms with Crippen molar-refractivity contribution < 1.29 is 19.2 Å². The second-order valence-corrected chi connectivity index (χ2v) is 2.81. The normalized spacial score (nSPS) is 11.6. The van der Waals surface area contributed by atoms with Crippen LogP contribution in [-0.4, -0.2) is 37.3 Å². The van der Waals surface area contributed by atoms with Gasteiger partial charge in [-0.05, 0) is 12.8 Å². The van der Waals surface area contributed by atoms with Crippen LogP contribution in [0, 0.1) is 0 Å². The van der Waals surface area contributed by atoms with Crippen molar-refractivity contribution in [3.8, 4) is 0 Å². The molecule has 2 amide bonds. The van der Waals surface area contributed by atoms with Gasteiger partial charge in [0.2, 0.25) is 0 Å². The monoisotopic (exact) mass is 216 g/mol. The molecule has 0 aromatic rings. The van der Waals surface area contributed by atoms with Crippen molar-refractivity contribution in [3.05, 3.63) is 12.7 Å². The molecule has 0 aliphatic carbocycles. The van der Waals surface area contributed by atoms with Crippen LogP contribution in [0.3, 0.4) is 0 Å². The van der Waals surface area contributed by atoms with Crippen LogP contribution in [0.5, 0.6) is 0 Å². The Morgan fingerprint density at radius 3 is 2.60 bits per heavy atom. The van der Waals surface area contributed by atoms with Gasteiger partial charge in [-0.3, -0.25) is 9.63 Å². The number of rotatable bonds is 6. The molecule has 0 aromatic carbocycles. The number of likely N-dealkylation sites (N-methyl/N-ethyl adjacent to an activating group) is 1. The Labute approximate surface area is 88.6 Å². The van der Waals surface area contributed by atoms with Crippen LogP contribution in [0.1, 0.15) is 12.8 Å². The van der Waals surface area contributed by atoms with Crippen LogP contribution in [-0.2, 0) is 14.4 Å². The first-order valence-electron chi connectivity index (χ1n) is 4.41. The molecule has 0 radical (unpaired) electrons. The van der Waals surface area contributed by atoms with Crippen molar-refractivity contribution in [2.45, 2.75) is 18.9 Å². The number of amides is 2. The molecular formula is C9H16N2O4. The molecule has 0 heterocycles. The molecule has 2 N–H and O–H groups in total. The zero-order chi connectivity index (χ0) is 11.8. The molecule has 6 heteroatoms. The predicted octanol–water partition coefficient (Wildman–Crippen LogP) is 0.436. The van der Waals surface area contributed by atoms with Crippen molar-refractivity contribution in [3.63, 3.8) is 0 Å². The van der Waals surface area contributed by atoms with Crippen molar-refractivity contribution in [2.75, 3.05) is 14.2 Å². The van der Waals surface area contributed by atoms with Gasteiger partial charge in [-0.2, -0.15) is 0 Å². The van der Waals surface area contributed by atoms with Gasteiger partial charge in [0.05, 0.1) is 7.11 Å². The summed E-state index contributed by atoms with van der Waals surface area (Å²) in [6.07, 6.45) is 0.588. The van der Waals surface area contributed by atoms with E-state index in [1.165, 1.54) is 14.2 Å². The highest BCUT2D eigenvalue weighted by Gasteiger charge is 2.24. The Morgan fingerprint density at radius 2 is 2.20 bits per heavy atom. The first kappa shape index (κ1) is 13.4. The summed E-state index contributed by atoms with van der Waals surface area (Å²) in [7, 11) is 2.76. The quantitative estimate of drug-likeness (QED) is 0.515. The summed E-state index contributed by atoms with van der Waals surface area (Å²) in [5.74, 6) is -0.460. The number of carbonyl (C=O) groups excluding carboxylic acids is 2. The fraction of sp³-hybridized carbons (Fsp3) is 0.556. The average Bonchev–Trinajstić information content (AvgIpc) is 2.21. The van der Waals surface area contributed by atoms with E-state index in [9.17, 15) is 9.59 Å². The fourth-order valence-electron chi connectivity index (χ4n) is 0.935. The predicted molar refractivity (Wildman–Crippen MR) is 53.7 cm³/mol. The topological polar surface area (TPSA) is 81.9 Å². The molecule has 6 nitrogen and oxygen atoms in total. The lowest BCUT2D eigenvalue weighted by atomic mass is 10.2. The first-order chi connectivity index (χ1) is 7.02. The van der Waals surface area contributed by atoms with Crippen LogP contribution < -0.4 is 5.73 Å². The van der Waals surface area contributed by atoms with E-state index in [2.05, 4.69) is 16.2 Å². The highest BCUT2D eigenvalue weighted by molar-refractivity contribution is 5.82. The molecule has 86 valence electrons. The molecule has 0 saturated heterocycles. The van der Waals surface area contributed by atoms with Crippen LogP contribution in [0.25, 0.3) is 0 Å². The number of hydroxylamine groups is 2. The summed E-state index contributed by atoms with van der Waals surface area (Å²) >= 11 is 0. The lowest BCUT2D eigenvalue weighted by Gasteiger charge is -2.20. The Bertz CT molecular complexity index is 242. The fourth-order valence-corrected chi connectivity index (χ4v) is 0.935. The molecule has 1 atom stereocenters. The summed E-state index contributed by atoms with van der Waals surface area (Å²) in [5.41, 5.74) is 4.85. The smallest absolute Gasteiger partial charge is 0.405 e. The number of hydrogen-bond acceptors (Lipinski definition) is 4. The molecule has 1 unspecified atom stereocenters. The lowest BCUT2D eigenvalue weighted by Crippen LogP contribution is -2.39. The van der Waals surface area contributed by atoms with Gasteiger partial charge in [0.15, 0.2) is 6.10 Å². The molecule has 0 aliphatic rings. The molecule has 0 aliphatic heterocycles. The number of carbonyl (C=O) groups is 2. The van der Waals surface area contributed by atoms with Crippen LogP contribution in [0.4, 0.5) is 4.79 Å². The van der Waals surface area contributed by atoms with Crippen LogP contribution >= 0.6 is 0 Å². The summed E-state index contributed by atoms with van der Waals surface area (Å²) < 4.78 is 4.66. The van der Waals surface area contributed by atoms with E-state index >= 15 is 0 Å². The van der Waals surface area contributed by atoms with Gasteiger partial charge in [-0.1, -0.05) is 6.08 Å². The highest BCUT2D eigenvalue weighted by Crippen LogP contribution is 2.06. The molecule has 0 bridgehead atoms. The summed E-state index contributed by atoms with van der Waals surface area (Å²) in [6, 6.07) is 0. The van der Waals surface area contributed by atoms with E-state index in [0.717, 1.165) is 5.06 Å². The third-order valence-corrected chi connectivity index (χ3v) is 1.75. The van der Waals surface area contributed by atoms with Gasteiger partial charge in [0, 0.05) is 7.05 Å².